The van der Waals surface area contributed by atoms with Gasteiger partial charge in [-0.1, -0.05) is 6.92 Å². The molecule has 0 spiro atoms. The van der Waals surface area contributed by atoms with E-state index in [0.717, 1.165) is 32.5 Å². The molecule has 0 radical (unpaired) electrons. The highest BCUT2D eigenvalue weighted by molar-refractivity contribution is 7.87. The number of hydrogen-bond acceptors (Lipinski definition) is 4. The Morgan fingerprint density at radius 2 is 2.11 bits per heavy atom. The molecule has 106 valence electrons. The van der Waals surface area contributed by atoms with Crippen LogP contribution in [-0.2, 0) is 14.9 Å². The zero-order valence-corrected chi connectivity index (χ0v) is 11.7. The molecule has 0 aromatic rings. The van der Waals surface area contributed by atoms with E-state index in [0.29, 0.717) is 25.6 Å². The predicted molar refractivity (Wildman–Crippen MR) is 69.5 cm³/mol. The van der Waals surface area contributed by atoms with Crippen molar-refractivity contribution in [3.63, 3.8) is 0 Å². The Kier molecular flexibility index (Phi) is 4.97. The van der Waals surface area contributed by atoms with E-state index in [1.54, 1.807) is 0 Å². The molecule has 2 atom stereocenters. The minimum atomic E-state index is -3.31. The van der Waals surface area contributed by atoms with Crippen LogP contribution in [0.3, 0.4) is 0 Å². The van der Waals surface area contributed by atoms with Gasteiger partial charge in [0.05, 0.1) is 6.10 Å². The van der Waals surface area contributed by atoms with E-state index >= 15 is 0 Å². The zero-order chi connectivity index (χ0) is 13.0. The molecule has 0 aliphatic carbocycles. The van der Waals surface area contributed by atoms with Gasteiger partial charge in [-0.05, 0) is 12.8 Å². The Balaban J connectivity index is 1.84. The first kappa shape index (κ1) is 14.2. The number of nitrogens with zero attached hydrogens (tertiary/aromatic N) is 1. The number of hydrogen-bond donors (Lipinski definition) is 2. The number of rotatable bonds is 5. The maximum atomic E-state index is 12.1. The lowest BCUT2D eigenvalue weighted by molar-refractivity contribution is 0.0883. The van der Waals surface area contributed by atoms with E-state index in [4.69, 9.17) is 4.74 Å². The average molecular weight is 277 g/mol. The van der Waals surface area contributed by atoms with E-state index in [1.807, 2.05) is 0 Å². The third-order valence-electron chi connectivity index (χ3n) is 3.69. The third-order valence-corrected chi connectivity index (χ3v) is 5.27. The summed E-state index contributed by atoms with van der Waals surface area (Å²) in [5.41, 5.74) is 0. The van der Waals surface area contributed by atoms with Crippen LogP contribution in [0, 0.1) is 5.92 Å². The van der Waals surface area contributed by atoms with E-state index < -0.39 is 10.2 Å². The molecule has 0 bridgehead atoms. The molecule has 0 amide bonds. The largest absolute Gasteiger partial charge is 0.378 e. The number of ether oxygens (including phenoxy) is 1. The molecule has 2 unspecified atom stereocenters. The van der Waals surface area contributed by atoms with Crippen molar-refractivity contribution in [2.45, 2.75) is 25.9 Å². The maximum absolute atomic E-state index is 12.1. The Bertz CT molecular complexity index is 355. The zero-order valence-electron chi connectivity index (χ0n) is 10.9. The van der Waals surface area contributed by atoms with Gasteiger partial charge >= 0.3 is 0 Å². The topological polar surface area (TPSA) is 70.7 Å². The van der Waals surface area contributed by atoms with Crippen LogP contribution in [0.15, 0.2) is 0 Å². The van der Waals surface area contributed by atoms with Crippen molar-refractivity contribution < 1.29 is 13.2 Å². The molecule has 6 nitrogen and oxygen atoms in total. The first-order valence-electron chi connectivity index (χ1n) is 6.70. The van der Waals surface area contributed by atoms with Gasteiger partial charge in [0, 0.05) is 45.2 Å². The Hall–Kier alpha value is -0.210. The van der Waals surface area contributed by atoms with Crippen LogP contribution in [-0.4, -0.2) is 58.2 Å². The molecule has 2 aliphatic heterocycles. The summed E-state index contributed by atoms with van der Waals surface area (Å²) in [5.74, 6) is 0.313. The molecule has 18 heavy (non-hydrogen) atoms. The molecule has 7 heteroatoms. The standard InChI is InChI=1S/C11H23N3O3S/c1-2-11-10(3-8-17-11)9-13-18(15,16)14-6-4-12-5-7-14/h10-13H,2-9H2,1H3. The van der Waals surface area contributed by atoms with Crippen molar-refractivity contribution in [3.8, 4) is 0 Å². The molecule has 2 aliphatic rings. The lowest BCUT2D eigenvalue weighted by Gasteiger charge is -2.27. The lowest BCUT2D eigenvalue weighted by atomic mass is 10.0. The van der Waals surface area contributed by atoms with Gasteiger partial charge in [-0.15, -0.1) is 0 Å². The molecule has 0 aromatic carbocycles. The Labute approximate surface area is 109 Å². The second-order valence-electron chi connectivity index (χ2n) is 4.87. The second-order valence-corrected chi connectivity index (χ2v) is 6.62. The molecular weight excluding hydrogens is 254 g/mol. The van der Waals surface area contributed by atoms with Gasteiger partial charge in [0.15, 0.2) is 0 Å². The van der Waals surface area contributed by atoms with Gasteiger partial charge in [0.25, 0.3) is 10.2 Å². The summed E-state index contributed by atoms with van der Waals surface area (Å²) < 4.78 is 34.0. The van der Waals surface area contributed by atoms with Gasteiger partial charge in [-0.25, -0.2) is 4.72 Å². The molecule has 2 N–H and O–H groups in total. The van der Waals surface area contributed by atoms with Crippen LogP contribution < -0.4 is 10.0 Å². The van der Waals surface area contributed by atoms with E-state index in [9.17, 15) is 8.42 Å². The fourth-order valence-electron chi connectivity index (χ4n) is 2.57. The second kappa shape index (κ2) is 6.29. The number of piperazine rings is 1. The van der Waals surface area contributed by atoms with E-state index in [1.165, 1.54) is 4.31 Å². The quantitative estimate of drug-likeness (QED) is 0.713. The summed E-state index contributed by atoms with van der Waals surface area (Å²) in [6, 6.07) is 0. The maximum Gasteiger partial charge on any atom is 0.279 e. The first-order chi connectivity index (χ1) is 8.63. The molecule has 0 aromatic heterocycles. The molecular formula is C11H23N3O3S. The van der Waals surface area contributed by atoms with Crippen LogP contribution in [0.4, 0.5) is 0 Å². The van der Waals surface area contributed by atoms with Crippen molar-refractivity contribution in [3.05, 3.63) is 0 Å². The monoisotopic (exact) mass is 277 g/mol. The van der Waals surface area contributed by atoms with Gasteiger partial charge in [0.2, 0.25) is 0 Å². The molecule has 2 rings (SSSR count). The summed E-state index contributed by atoms with van der Waals surface area (Å²) >= 11 is 0. The molecule has 2 saturated heterocycles. The van der Waals surface area contributed by atoms with Crippen molar-refractivity contribution >= 4 is 10.2 Å². The van der Waals surface area contributed by atoms with Gasteiger partial charge < -0.3 is 10.1 Å². The summed E-state index contributed by atoms with van der Waals surface area (Å²) in [4.78, 5) is 0. The van der Waals surface area contributed by atoms with Crippen molar-refractivity contribution in [2.24, 2.45) is 5.92 Å². The molecule has 0 saturated carbocycles. The van der Waals surface area contributed by atoms with Gasteiger partial charge in [-0.2, -0.15) is 12.7 Å². The van der Waals surface area contributed by atoms with Crippen LogP contribution in [0.1, 0.15) is 19.8 Å². The number of nitrogens with one attached hydrogen (secondary N) is 2. The normalized spacial score (nSPS) is 30.7. The average Bonchev–Trinajstić information content (AvgIpc) is 2.85. The highest BCUT2D eigenvalue weighted by atomic mass is 32.2. The van der Waals surface area contributed by atoms with Gasteiger partial charge in [-0.3, -0.25) is 0 Å². The first-order valence-corrected chi connectivity index (χ1v) is 8.14. The van der Waals surface area contributed by atoms with Crippen molar-refractivity contribution in [1.29, 1.82) is 0 Å². The summed E-state index contributed by atoms with van der Waals surface area (Å²) in [6.45, 7) is 5.87. The lowest BCUT2D eigenvalue weighted by Crippen LogP contribution is -2.51. The highest BCUT2D eigenvalue weighted by Gasteiger charge is 2.29. The van der Waals surface area contributed by atoms with Crippen LogP contribution >= 0.6 is 0 Å². The molecule has 2 heterocycles. The van der Waals surface area contributed by atoms with Crippen LogP contribution in [0.25, 0.3) is 0 Å². The third kappa shape index (κ3) is 3.42. The smallest absolute Gasteiger partial charge is 0.279 e. The summed E-state index contributed by atoms with van der Waals surface area (Å²) in [6.07, 6.45) is 2.10. The highest BCUT2D eigenvalue weighted by Crippen LogP contribution is 2.22. The van der Waals surface area contributed by atoms with Gasteiger partial charge in [0.1, 0.15) is 0 Å². The van der Waals surface area contributed by atoms with Crippen LogP contribution in [0.5, 0.6) is 0 Å². The van der Waals surface area contributed by atoms with Crippen molar-refractivity contribution in [1.82, 2.24) is 14.3 Å². The summed E-state index contributed by atoms with van der Waals surface area (Å²) in [5, 5.41) is 3.15. The minimum absolute atomic E-state index is 0.204. The fourth-order valence-corrected chi connectivity index (χ4v) is 3.84. The van der Waals surface area contributed by atoms with Crippen molar-refractivity contribution in [2.75, 3.05) is 39.3 Å². The van der Waals surface area contributed by atoms with Crippen LogP contribution in [0.2, 0.25) is 0 Å². The predicted octanol–water partition coefficient (Wildman–Crippen LogP) is -0.459. The SMILES string of the molecule is CCC1OCCC1CNS(=O)(=O)N1CCNCC1. The summed E-state index contributed by atoms with van der Waals surface area (Å²) in [7, 11) is -3.31. The minimum Gasteiger partial charge on any atom is -0.378 e. The molecule has 2 fully saturated rings. The fraction of sp³-hybridized carbons (Fsp3) is 1.00. The Morgan fingerprint density at radius 3 is 2.78 bits per heavy atom. The van der Waals surface area contributed by atoms with E-state index in [-0.39, 0.29) is 6.10 Å². The Morgan fingerprint density at radius 1 is 1.39 bits per heavy atom. The van der Waals surface area contributed by atoms with E-state index in [2.05, 4.69) is 17.0 Å².